The van der Waals surface area contributed by atoms with E-state index in [2.05, 4.69) is 15.9 Å². The molecule has 5 heteroatoms. The Kier molecular flexibility index (Phi) is 3.71. The zero-order chi connectivity index (χ0) is 13.3. The van der Waals surface area contributed by atoms with Gasteiger partial charge in [0.15, 0.2) is 0 Å². The molecule has 1 atom stereocenters. The number of amides is 1. The number of halogens is 1. The molecular weight excluding hydrogens is 298 g/mol. The SMILES string of the molecule is Cc1ccc(Br)cc1C(=O)N1CCCC1C(=O)O. The minimum atomic E-state index is -0.923. The summed E-state index contributed by atoms with van der Waals surface area (Å²) in [5, 5.41) is 9.10. The van der Waals surface area contributed by atoms with Crippen molar-refractivity contribution in [3.63, 3.8) is 0 Å². The molecule has 0 spiro atoms. The lowest BCUT2D eigenvalue weighted by Gasteiger charge is -2.22. The summed E-state index contributed by atoms with van der Waals surface area (Å²) in [6, 6.07) is 4.78. The quantitative estimate of drug-likeness (QED) is 0.912. The Labute approximate surface area is 114 Å². The van der Waals surface area contributed by atoms with Crippen LogP contribution >= 0.6 is 15.9 Å². The Morgan fingerprint density at radius 3 is 2.83 bits per heavy atom. The van der Waals surface area contributed by atoms with Crippen LogP contribution in [0.1, 0.15) is 28.8 Å². The third-order valence-electron chi connectivity index (χ3n) is 3.23. The molecule has 4 nitrogen and oxygen atoms in total. The van der Waals surface area contributed by atoms with Gasteiger partial charge in [0.1, 0.15) is 6.04 Å². The van der Waals surface area contributed by atoms with Crippen LogP contribution in [-0.2, 0) is 4.79 Å². The second-order valence-corrected chi connectivity index (χ2v) is 5.37. The number of hydrogen-bond acceptors (Lipinski definition) is 2. The molecule has 1 fully saturated rings. The van der Waals surface area contributed by atoms with E-state index in [1.54, 1.807) is 6.07 Å². The highest BCUT2D eigenvalue weighted by Crippen LogP contribution is 2.23. The molecule has 0 radical (unpaired) electrons. The molecule has 18 heavy (non-hydrogen) atoms. The molecule has 1 amide bonds. The maximum Gasteiger partial charge on any atom is 0.326 e. The lowest BCUT2D eigenvalue weighted by Crippen LogP contribution is -2.40. The fraction of sp³-hybridized carbons (Fsp3) is 0.385. The molecule has 0 bridgehead atoms. The highest BCUT2D eigenvalue weighted by Gasteiger charge is 2.34. The van der Waals surface area contributed by atoms with Gasteiger partial charge in [-0.3, -0.25) is 4.79 Å². The fourth-order valence-corrected chi connectivity index (χ4v) is 2.61. The number of carbonyl (C=O) groups is 2. The zero-order valence-electron chi connectivity index (χ0n) is 10.0. The van der Waals surface area contributed by atoms with E-state index in [9.17, 15) is 9.59 Å². The lowest BCUT2D eigenvalue weighted by molar-refractivity contribution is -0.141. The zero-order valence-corrected chi connectivity index (χ0v) is 11.6. The first-order valence-electron chi connectivity index (χ1n) is 5.80. The van der Waals surface area contributed by atoms with Crippen LogP contribution in [0.25, 0.3) is 0 Å². The molecule has 0 aliphatic carbocycles. The number of likely N-dealkylation sites (tertiary alicyclic amines) is 1. The van der Waals surface area contributed by atoms with Crippen LogP contribution in [0.3, 0.4) is 0 Å². The Hall–Kier alpha value is -1.36. The van der Waals surface area contributed by atoms with Crippen LogP contribution < -0.4 is 0 Å². The van der Waals surface area contributed by atoms with Crippen molar-refractivity contribution in [3.05, 3.63) is 33.8 Å². The van der Waals surface area contributed by atoms with Crippen molar-refractivity contribution in [1.29, 1.82) is 0 Å². The minimum Gasteiger partial charge on any atom is -0.480 e. The molecule has 96 valence electrons. The first kappa shape index (κ1) is 13.1. The van der Waals surface area contributed by atoms with E-state index in [4.69, 9.17) is 5.11 Å². The first-order chi connectivity index (χ1) is 8.50. The summed E-state index contributed by atoms with van der Waals surface area (Å²) < 4.78 is 0.822. The van der Waals surface area contributed by atoms with Crippen molar-refractivity contribution < 1.29 is 14.7 Å². The van der Waals surface area contributed by atoms with Gasteiger partial charge < -0.3 is 10.0 Å². The fourth-order valence-electron chi connectivity index (χ4n) is 2.25. The van der Waals surface area contributed by atoms with Crippen LogP contribution in [0.5, 0.6) is 0 Å². The lowest BCUT2D eigenvalue weighted by atomic mass is 10.1. The number of aryl methyl sites for hydroxylation is 1. The van der Waals surface area contributed by atoms with Gasteiger partial charge in [-0.2, -0.15) is 0 Å². The third-order valence-corrected chi connectivity index (χ3v) is 3.72. The maximum atomic E-state index is 12.4. The number of nitrogens with zero attached hydrogens (tertiary/aromatic N) is 1. The van der Waals surface area contributed by atoms with Crippen LogP contribution in [0.4, 0.5) is 0 Å². The Bertz CT molecular complexity index is 501. The molecular formula is C13H14BrNO3. The summed E-state index contributed by atoms with van der Waals surface area (Å²) in [6.45, 7) is 2.37. The van der Waals surface area contributed by atoms with Crippen LogP contribution in [-0.4, -0.2) is 34.5 Å². The van der Waals surface area contributed by atoms with Crippen molar-refractivity contribution in [2.45, 2.75) is 25.8 Å². The minimum absolute atomic E-state index is 0.196. The number of benzene rings is 1. The smallest absolute Gasteiger partial charge is 0.326 e. The Morgan fingerprint density at radius 1 is 1.44 bits per heavy atom. The predicted octanol–water partition coefficient (Wildman–Crippen LogP) is 2.45. The number of carboxylic acids is 1. The van der Waals surface area contributed by atoms with Crippen molar-refractivity contribution in [2.75, 3.05) is 6.54 Å². The second kappa shape index (κ2) is 5.10. The molecule has 1 aliphatic heterocycles. The van der Waals surface area contributed by atoms with Crippen LogP contribution in [0.2, 0.25) is 0 Å². The Balaban J connectivity index is 2.31. The molecule has 1 aliphatic rings. The summed E-state index contributed by atoms with van der Waals surface area (Å²) in [7, 11) is 0. The van der Waals surface area contributed by atoms with Gasteiger partial charge in [0.25, 0.3) is 5.91 Å². The van der Waals surface area contributed by atoms with Gasteiger partial charge in [-0.05, 0) is 37.5 Å². The monoisotopic (exact) mass is 311 g/mol. The van der Waals surface area contributed by atoms with Crippen molar-refractivity contribution in [1.82, 2.24) is 4.90 Å². The van der Waals surface area contributed by atoms with Crippen LogP contribution in [0.15, 0.2) is 22.7 Å². The predicted molar refractivity (Wildman–Crippen MR) is 70.6 cm³/mol. The standard InChI is InChI=1S/C13H14BrNO3/c1-8-4-5-9(14)7-10(8)12(16)15-6-2-3-11(15)13(17)18/h4-5,7,11H,2-3,6H2,1H3,(H,17,18). The summed E-state index contributed by atoms with van der Waals surface area (Å²) >= 11 is 3.33. The number of hydrogen-bond donors (Lipinski definition) is 1. The van der Waals surface area contributed by atoms with Crippen LogP contribution in [0, 0.1) is 6.92 Å². The number of rotatable bonds is 2. The Morgan fingerprint density at radius 2 is 2.17 bits per heavy atom. The normalized spacial score (nSPS) is 19.0. The largest absolute Gasteiger partial charge is 0.480 e. The molecule has 1 unspecified atom stereocenters. The van der Waals surface area contributed by atoms with Gasteiger partial charge in [-0.15, -0.1) is 0 Å². The van der Waals surface area contributed by atoms with Gasteiger partial charge in [-0.1, -0.05) is 22.0 Å². The highest BCUT2D eigenvalue weighted by atomic mass is 79.9. The van der Waals surface area contributed by atoms with Gasteiger partial charge in [0, 0.05) is 16.6 Å². The van der Waals surface area contributed by atoms with Crippen molar-refractivity contribution in [3.8, 4) is 0 Å². The molecule has 1 saturated heterocycles. The molecule has 1 heterocycles. The number of carbonyl (C=O) groups excluding carboxylic acids is 1. The van der Waals surface area contributed by atoms with Gasteiger partial charge in [0.05, 0.1) is 0 Å². The van der Waals surface area contributed by atoms with E-state index < -0.39 is 12.0 Å². The molecule has 1 aromatic carbocycles. The molecule has 0 aromatic heterocycles. The first-order valence-corrected chi connectivity index (χ1v) is 6.60. The van der Waals surface area contributed by atoms with E-state index in [0.717, 1.165) is 16.5 Å². The van der Waals surface area contributed by atoms with E-state index in [-0.39, 0.29) is 5.91 Å². The van der Waals surface area contributed by atoms with Gasteiger partial charge in [-0.25, -0.2) is 4.79 Å². The maximum absolute atomic E-state index is 12.4. The van der Waals surface area contributed by atoms with E-state index in [1.165, 1.54) is 4.90 Å². The summed E-state index contributed by atoms with van der Waals surface area (Å²) in [4.78, 5) is 24.9. The number of carboxylic acid groups (broad SMARTS) is 1. The summed E-state index contributed by atoms with van der Waals surface area (Å²) in [5.74, 6) is -1.12. The highest BCUT2D eigenvalue weighted by molar-refractivity contribution is 9.10. The third kappa shape index (κ3) is 2.41. The number of aliphatic carboxylic acids is 1. The average molecular weight is 312 g/mol. The molecule has 1 aromatic rings. The van der Waals surface area contributed by atoms with E-state index in [0.29, 0.717) is 18.5 Å². The molecule has 0 saturated carbocycles. The van der Waals surface area contributed by atoms with E-state index >= 15 is 0 Å². The second-order valence-electron chi connectivity index (χ2n) is 4.45. The summed E-state index contributed by atoms with van der Waals surface area (Å²) in [5.41, 5.74) is 1.43. The average Bonchev–Trinajstić information content (AvgIpc) is 2.80. The van der Waals surface area contributed by atoms with Gasteiger partial charge in [0.2, 0.25) is 0 Å². The van der Waals surface area contributed by atoms with Crippen molar-refractivity contribution >= 4 is 27.8 Å². The topological polar surface area (TPSA) is 57.6 Å². The molecule has 2 rings (SSSR count). The van der Waals surface area contributed by atoms with Gasteiger partial charge >= 0.3 is 5.97 Å². The van der Waals surface area contributed by atoms with E-state index in [1.807, 2.05) is 19.1 Å². The van der Waals surface area contributed by atoms with Crippen molar-refractivity contribution in [2.24, 2.45) is 0 Å². The molecule has 1 N–H and O–H groups in total. The summed E-state index contributed by atoms with van der Waals surface area (Å²) in [6.07, 6.45) is 1.28.